The fraction of sp³-hybridized carbons (Fsp3) is 1.00. The number of aliphatic hydroxyl groups is 2. The largest absolute Gasteiger partial charge is 0.393 e. The van der Waals surface area contributed by atoms with Gasteiger partial charge in [-0.2, -0.15) is 0 Å². The Kier molecular flexibility index (Phi) is 1.51. The minimum absolute atomic E-state index is 0.225. The molecule has 2 unspecified atom stereocenters. The second-order valence-corrected chi connectivity index (χ2v) is 3.03. The Morgan fingerprint density at radius 1 is 1.64 bits per heavy atom. The van der Waals surface area contributed by atoms with Gasteiger partial charge in [0.25, 0.3) is 0 Å². The van der Waals surface area contributed by atoms with Crippen molar-refractivity contribution in [2.75, 3.05) is 13.2 Å². The molecule has 60 valence electrons. The molecule has 2 saturated heterocycles. The Hall–Kier alpha value is -0.0951. The fourth-order valence-electron chi connectivity index (χ4n) is 1.61. The summed E-state index contributed by atoms with van der Waals surface area (Å²) in [5.41, 5.74) is -0.954. The van der Waals surface area contributed by atoms with Crippen LogP contribution in [0.3, 0.4) is 0 Å². The van der Waals surface area contributed by atoms with Gasteiger partial charge in [-0.05, 0) is 0 Å². The average Bonchev–Trinajstić information content (AvgIpc) is 2.42. The number of rotatable bonds is 1. The van der Waals surface area contributed by atoms with E-state index in [4.69, 9.17) is 22.4 Å². The van der Waals surface area contributed by atoms with Crippen LogP contribution in [-0.4, -0.2) is 55.1 Å². The first-order valence-corrected chi connectivity index (χ1v) is 3.53. The Labute approximate surface area is 65.5 Å². The van der Waals surface area contributed by atoms with E-state index in [0.717, 1.165) is 0 Å². The third-order valence-corrected chi connectivity index (χ3v) is 2.33. The SMILES string of the molecule is [B]C1O[C@@]2(CO)COC1[C@H]2O. The minimum Gasteiger partial charge on any atom is -0.393 e. The molecule has 2 radical (unpaired) electrons. The average molecular weight is 156 g/mol. The second-order valence-electron chi connectivity index (χ2n) is 3.03. The van der Waals surface area contributed by atoms with Crippen LogP contribution in [0.1, 0.15) is 0 Å². The molecule has 0 amide bonds. The van der Waals surface area contributed by atoms with Crippen LogP contribution in [0.25, 0.3) is 0 Å². The molecule has 2 aliphatic heterocycles. The Balaban J connectivity index is 2.24. The van der Waals surface area contributed by atoms with E-state index in [9.17, 15) is 5.11 Å². The Morgan fingerprint density at radius 3 is 2.64 bits per heavy atom. The van der Waals surface area contributed by atoms with Crippen molar-refractivity contribution in [3.8, 4) is 0 Å². The van der Waals surface area contributed by atoms with Crippen LogP contribution in [0.2, 0.25) is 0 Å². The summed E-state index contributed by atoms with van der Waals surface area (Å²) in [5.74, 6) is 0. The molecule has 11 heavy (non-hydrogen) atoms. The lowest BCUT2D eigenvalue weighted by atomic mass is 9.92. The second kappa shape index (κ2) is 2.20. The van der Waals surface area contributed by atoms with Gasteiger partial charge >= 0.3 is 0 Å². The number of fused-ring (bicyclic) bond motifs is 2. The van der Waals surface area contributed by atoms with E-state index in [1.807, 2.05) is 0 Å². The third kappa shape index (κ3) is 0.795. The highest BCUT2D eigenvalue weighted by Gasteiger charge is 2.58. The van der Waals surface area contributed by atoms with Gasteiger partial charge in [-0.3, -0.25) is 0 Å². The van der Waals surface area contributed by atoms with E-state index in [1.54, 1.807) is 0 Å². The van der Waals surface area contributed by atoms with Crippen molar-refractivity contribution in [1.82, 2.24) is 0 Å². The maximum Gasteiger partial charge on any atom is 0.142 e. The summed E-state index contributed by atoms with van der Waals surface area (Å²) in [6, 6.07) is -0.606. The molecule has 2 aliphatic rings. The third-order valence-electron chi connectivity index (χ3n) is 2.33. The van der Waals surface area contributed by atoms with E-state index >= 15 is 0 Å². The van der Waals surface area contributed by atoms with Crippen molar-refractivity contribution in [2.45, 2.75) is 23.8 Å². The van der Waals surface area contributed by atoms with Gasteiger partial charge in [-0.1, -0.05) is 0 Å². The molecule has 2 heterocycles. The molecule has 2 bridgehead atoms. The first-order valence-electron chi connectivity index (χ1n) is 3.53. The predicted octanol–water partition coefficient (Wildman–Crippen LogP) is -2.00. The highest BCUT2D eigenvalue weighted by molar-refractivity contribution is 6.11. The van der Waals surface area contributed by atoms with Gasteiger partial charge in [-0.15, -0.1) is 0 Å². The first-order chi connectivity index (χ1) is 5.19. The van der Waals surface area contributed by atoms with Crippen molar-refractivity contribution in [3.63, 3.8) is 0 Å². The maximum atomic E-state index is 9.46. The molecule has 4 nitrogen and oxygen atoms in total. The van der Waals surface area contributed by atoms with Gasteiger partial charge in [0.1, 0.15) is 25.7 Å². The van der Waals surface area contributed by atoms with E-state index in [-0.39, 0.29) is 13.2 Å². The number of aliphatic hydroxyl groups excluding tert-OH is 2. The Morgan fingerprint density at radius 2 is 2.36 bits per heavy atom. The zero-order valence-corrected chi connectivity index (χ0v) is 5.93. The van der Waals surface area contributed by atoms with E-state index in [1.165, 1.54) is 0 Å². The van der Waals surface area contributed by atoms with Crippen LogP contribution < -0.4 is 0 Å². The zero-order chi connectivity index (χ0) is 8.06. The lowest BCUT2D eigenvalue weighted by Crippen LogP contribution is -2.44. The van der Waals surface area contributed by atoms with Gasteiger partial charge in [0.2, 0.25) is 0 Å². The zero-order valence-electron chi connectivity index (χ0n) is 5.93. The lowest BCUT2D eigenvalue weighted by Gasteiger charge is -2.27. The molecule has 0 aliphatic carbocycles. The van der Waals surface area contributed by atoms with Gasteiger partial charge in [0.05, 0.1) is 13.2 Å². The van der Waals surface area contributed by atoms with Gasteiger partial charge in [-0.25, -0.2) is 0 Å². The Bertz CT molecular complexity index is 176. The van der Waals surface area contributed by atoms with Crippen molar-refractivity contribution in [2.24, 2.45) is 0 Å². The van der Waals surface area contributed by atoms with Crippen molar-refractivity contribution in [3.05, 3.63) is 0 Å². The summed E-state index contributed by atoms with van der Waals surface area (Å²) < 4.78 is 10.3. The molecule has 5 heteroatoms. The molecular weight excluding hydrogens is 147 g/mol. The van der Waals surface area contributed by atoms with Crippen LogP contribution >= 0.6 is 0 Å². The van der Waals surface area contributed by atoms with Crippen LogP contribution in [0.4, 0.5) is 0 Å². The number of ether oxygens (including phenoxy) is 2. The highest BCUT2D eigenvalue weighted by Crippen LogP contribution is 2.38. The molecule has 0 spiro atoms. The molecule has 4 atom stereocenters. The summed E-state index contributed by atoms with van der Waals surface area (Å²) in [6.07, 6.45) is -1.26. The summed E-state index contributed by atoms with van der Waals surface area (Å²) >= 11 is 0. The van der Waals surface area contributed by atoms with Gasteiger partial charge in [0, 0.05) is 6.00 Å². The molecular formula is C6H9BO4. The van der Waals surface area contributed by atoms with Crippen LogP contribution in [0, 0.1) is 0 Å². The minimum atomic E-state index is -0.954. The topological polar surface area (TPSA) is 58.9 Å². The number of hydrogen-bond donors (Lipinski definition) is 2. The van der Waals surface area contributed by atoms with E-state index in [0.29, 0.717) is 0 Å². The van der Waals surface area contributed by atoms with E-state index < -0.39 is 23.8 Å². The van der Waals surface area contributed by atoms with Gasteiger partial charge < -0.3 is 19.7 Å². The molecule has 0 aromatic rings. The monoisotopic (exact) mass is 156 g/mol. The van der Waals surface area contributed by atoms with Crippen molar-refractivity contribution < 1.29 is 19.7 Å². The van der Waals surface area contributed by atoms with Crippen LogP contribution in [0.5, 0.6) is 0 Å². The summed E-state index contributed by atoms with van der Waals surface area (Å²) in [6.45, 7) is -0.0264. The van der Waals surface area contributed by atoms with Gasteiger partial charge in [0.15, 0.2) is 0 Å². The standard InChI is InChI=1S/C6H9BO4/c7-5-3-4(9)6(1-8,11-5)2-10-3/h3-5,8-9H,1-2H2/t3?,4-,5?,6+/m1/s1. The van der Waals surface area contributed by atoms with Crippen LogP contribution in [-0.2, 0) is 9.47 Å². The molecule has 0 aromatic heterocycles. The van der Waals surface area contributed by atoms with Crippen molar-refractivity contribution in [1.29, 1.82) is 0 Å². The van der Waals surface area contributed by atoms with Crippen LogP contribution in [0.15, 0.2) is 0 Å². The maximum absolute atomic E-state index is 9.46. The fourth-order valence-corrected chi connectivity index (χ4v) is 1.61. The molecule has 2 fully saturated rings. The highest BCUT2D eigenvalue weighted by atomic mass is 16.6. The quantitative estimate of drug-likeness (QED) is 0.431. The summed E-state index contributed by atoms with van der Waals surface area (Å²) in [7, 11) is 5.45. The van der Waals surface area contributed by atoms with E-state index in [2.05, 4.69) is 0 Å². The molecule has 2 N–H and O–H groups in total. The predicted molar refractivity (Wildman–Crippen MR) is 36.2 cm³/mol. The normalized spacial score (nSPS) is 55.3. The summed E-state index contributed by atoms with van der Waals surface area (Å²) in [4.78, 5) is 0. The van der Waals surface area contributed by atoms with Crippen molar-refractivity contribution >= 4 is 7.85 Å². The number of hydrogen-bond acceptors (Lipinski definition) is 4. The molecule has 0 saturated carbocycles. The first kappa shape index (κ1) is 7.55. The molecule has 0 aromatic carbocycles. The summed E-state index contributed by atoms with van der Waals surface area (Å²) in [5, 5.41) is 18.4. The molecule has 2 rings (SSSR count). The lowest BCUT2D eigenvalue weighted by molar-refractivity contribution is -0.136. The smallest absolute Gasteiger partial charge is 0.142 e.